The molecule has 0 spiro atoms. The van der Waals surface area contributed by atoms with Crippen LogP contribution in [0.15, 0.2) is 18.2 Å². The first-order chi connectivity index (χ1) is 11.8. The highest BCUT2D eigenvalue weighted by Crippen LogP contribution is 2.32. The maximum absolute atomic E-state index is 12.9. The molecule has 7 nitrogen and oxygen atoms in total. The Kier molecular flexibility index (Phi) is 4.32. The molecule has 3 rings (SSSR count). The van der Waals surface area contributed by atoms with Gasteiger partial charge in [0.05, 0.1) is 11.1 Å². The summed E-state index contributed by atoms with van der Waals surface area (Å²) >= 11 is 0. The van der Waals surface area contributed by atoms with Crippen LogP contribution in [0, 0.1) is 5.92 Å². The van der Waals surface area contributed by atoms with Crippen LogP contribution >= 0.6 is 0 Å². The van der Waals surface area contributed by atoms with Gasteiger partial charge in [0.25, 0.3) is 11.8 Å². The number of benzene rings is 1. The molecule has 2 heterocycles. The van der Waals surface area contributed by atoms with Gasteiger partial charge in [0.1, 0.15) is 6.04 Å². The monoisotopic (exact) mass is 343 g/mol. The van der Waals surface area contributed by atoms with Crippen LogP contribution < -0.4 is 10.6 Å². The van der Waals surface area contributed by atoms with Crippen molar-refractivity contribution in [3.63, 3.8) is 0 Å². The maximum Gasteiger partial charge on any atom is 0.264 e. The second-order valence-electron chi connectivity index (χ2n) is 6.85. The number of carbonyl (C=O) groups is 4. The fourth-order valence-corrected chi connectivity index (χ4v) is 3.05. The number of piperidine rings is 1. The summed E-state index contributed by atoms with van der Waals surface area (Å²) in [6.45, 7) is 6.12. The molecule has 2 aliphatic rings. The fourth-order valence-electron chi connectivity index (χ4n) is 3.05. The van der Waals surface area contributed by atoms with Crippen LogP contribution in [0.1, 0.15) is 54.3 Å². The summed E-state index contributed by atoms with van der Waals surface area (Å²) < 4.78 is 0. The van der Waals surface area contributed by atoms with E-state index in [0.29, 0.717) is 17.2 Å². The van der Waals surface area contributed by atoms with Gasteiger partial charge in [-0.15, -0.1) is 0 Å². The molecule has 0 aromatic heterocycles. The van der Waals surface area contributed by atoms with E-state index < -0.39 is 23.8 Å². The van der Waals surface area contributed by atoms with Gasteiger partial charge < -0.3 is 5.32 Å². The highest BCUT2D eigenvalue weighted by atomic mass is 16.2. The second-order valence-corrected chi connectivity index (χ2v) is 6.85. The van der Waals surface area contributed by atoms with E-state index in [4.69, 9.17) is 0 Å². The van der Waals surface area contributed by atoms with Gasteiger partial charge in [-0.1, -0.05) is 19.9 Å². The van der Waals surface area contributed by atoms with E-state index in [1.807, 2.05) is 6.92 Å². The zero-order valence-corrected chi connectivity index (χ0v) is 14.5. The van der Waals surface area contributed by atoms with Crippen molar-refractivity contribution in [2.75, 3.05) is 5.32 Å². The Labute approximate surface area is 145 Å². The van der Waals surface area contributed by atoms with Gasteiger partial charge in [-0.2, -0.15) is 0 Å². The number of nitrogens with one attached hydrogen (secondary N) is 2. The van der Waals surface area contributed by atoms with Crippen molar-refractivity contribution in [2.45, 2.75) is 45.7 Å². The number of hydrogen-bond acceptors (Lipinski definition) is 5. The smallest absolute Gasteiger partial charge is 0.264 e. The maximum atomic E-state index is 12.9. The molecule has 2 unspecified atom stereocenters. The normalized spacial score (nSPS) is 21.4. The Morgan fingerprint density at radius 2 is 1.84 bits per heavy atom. The van der Waals surface area contributed by atoms with Crippen molar-refractivity contribution in [1.29, 1.82) is 0 Å². The SMILES string of the molecule is CC(C)C(C)Nc1cccc2c1C(=O)N(C1CCC(=O)NC1=O)C2=O. The minimum Gasteiger partial charge on any atom is -0.382 e. The Hall–Kier alpha value is -2.70. The second kappa shape index (κ2) is 6.31. The molecular weight excluding hydrogens is 322 g/mol. The Morgan fingerprint density at radius 3 is 2.48 bits per heavy atom. The van der Waals surface area contributed by atoms with E-state index in [0.717, 1.165) is 4.90 Å². The molecule has 0 bridgehead atoms. The molecule has 2 aliphatic heterocycles. The summed E-state index contributed by atoms with van der Waals surface area (Å²) in [5, 5.41) is 5.48. The zero-order valence-electron chi connectivity index (χ0n) is 14.5. The quantitative estimate of drug-likeness (QED) is 0.809. The molecule has 2 atom stereocenters. The van der Waals surface area contributed by atoms with Crippen LogP contribution in [0.2, 0.25) is 0 Å². The highest BCUT2D eigenvalue weighted by molar-refractivity contribution is 6.25. The van der Waals surface area contributed by atoms with Crippen molar-refractivity contribution in [3.8, 4) is 0 Å². The zero-order chi connectivity index (χ0) is 18.3. The molecular formula is C18H21N3O4. The van der Waals surface area contributed by atoms with Crippen molar-refractivity contribution < 1.29 is 19.2 Å². The van der Waals surface area contributed by atoms with Gasteiger partial charge in [-0.05, 0) is 31.4 Å². The van der Waals surface area contributed by atoms with E-state index >= 15 is 0 Å². The molecule has 4 amide bonds. The first-order valence-corrected chi connectivity index (χ1v) is 8.42. The Balaban J connectivity index is 1.94. The Morgan fingerprint density at radius 1 is 1.12 bits per heavy atom. The van der Waals surface area contributed by atoms with Crippen LogP contribution in [0.25, 0.3) is 0 Å². The van der Waals surface area contributed by atoms with E-state index in [9.17, 15) is 19.2 Å². The van der Waals surface area contributed by atoms with Crippen LogP contribution in [-0.2, 0) is 9.59 Å². The molecule has 1 fully saturated rings. The number of rotatable bonds is 4. The Bertz CT molecular complexity index is 772. The predicted octanol–water partition coefficient (Wildman–Crippen LogP) is 1.54. The van der Waals surface area contributed by atoms with Crippen molar-refractivity contribution in [3.05, 3.63) is 29.3 Å². The lowest BCUT2D eigenvalue weighted by Gasteiger charge is -2.28. The minimum absolute atomic E-state index is 0.110. The van der Waals surface area contributed by atoms with Crippen molar-refractivity contribution in [1.82, 2.24) is 10.2 Å². The van der Waals surface area contributed by atoms with E-state index in [2.05, 4.69) is 24.5 Å². The standard InChI is InChI=1S/C18H21N3O4/c1-9(2)10(3)19-12-6-4-5-11-15(12)18(25)21(17(11)24)13-7-8-14(22)20-16(13)23/h4-6,9-10,13,19H,7-8H2,1-3H3,(H,20,22,23). The third kappa shape index (κ3) is 2.90. The number of fused-ring (bicyclic) bond motifs is 1. The lowest BCUT2D eigenvalue weighted by Crippen LogP contribution is -2.54. The molecule has 0 saturated carbocycles. The van der Waals surface area contributed by atoms with Crippen molar-refractivity contribution >= 4 is 29.3 Å². The number of hydrogen-bond donors (Lipinski definition) is 2. The van der Waals surface area contributed by atoms with Gasteiger partial charge in [0.2, 0.25) is 11.8 Å². The van der Waals surface area contributed by atoms with Gasteiger partial charge in [-0.3, -0.25) is 29.4 Å². The number of amides is 4. The first kappa shape index (κ1) is 17.1. The molecule has 0 aliphatic carbocycles. The minimum atomic E-state index is -0.944. The molecule has 1 saturated heterocycles. The van der Waals surface area contributed by atoms with Gasteiger partial charge >= 0.3 is 0 Å². The molecule has 0 radical (unpaired) electrons. The third-order valence-corrected chi connectivity index (χ3v) is 4.85. The highest BCUT2D eigenvalue weighted by Gasteiger charge is 2.45. The lowest BCUT2D eigenvalue weighted by atomic mass is 10.0. The molecule has 132 valence electrons. The first-order valence-electron chi connectivity index (χ1n) is 8.42. The summed E-state index contributed by atoms with van der Waals surface area (Å²) in [7, 11) is 0. The van der Waals surface area contributed by atoms with E-state index in [1.54, 1.807) is 18.2 Å². The summed E-state index contributed by atoms with van der Waals surface area (Å²) in [4.78, 5) is 50.0. The average molecular weight is 343 g/mol. The van der Waals surface area contributed by atoms with E-state index in [-0.39, 0.29) is 30.4 Å². The van der Waals surface area contributed by atoms with Gasteiger partial charge in [0, 0.05) is 18.2 Å². The fraction of sp³-hybridized carbons (Fsp3) is 0.444. The summed E-state index contributed by atoms with van der Waals surface area (Å²) in [6.07, 6.45) is 0.264. The third-order valence-electron chi connectivity index (χ3n) is 4.85. The summed E-state index contributed by atoms with van der Waals surface area (Å²) in [5.41, 5.74) is 1.17. The summed E-state index contributed by atoms with van der Waals surface area (Å²) in [6, 6.07) is 4.23. The molecule has 7 heteroatoms. The number of carbonyl (C=O) groups excluding carboxylic acids is 4. The average Bonchev–Trinajstić information content (AvgIpc) is 2.80. The molecule has 1 aromatic rings. The van der Waals surface area contributed by atoms with Crippen LogP contribution in [0.5, 0.6) is 0 Å². The van der Waals surface area contributed by atoms with Gasteiger partial charge in [-0.25, -0.2) is 0 Å². The number of nitrogens with zero attached hydrogens (tertiary/aromatic N) is 1. The van der Waals surface area contributed by atoms with Gasteiger partial charge in [0.15, 0.2) is 0 Å². The molecule has 2 N–H and O–H groups in total. The van der Waals surface area contributed by atoms with Crippen LogP contribution in [-0.4, -0.2) is 40.6 Å². The summed E-state index contributed by atoms with van der Waals surface area (Å²) in [5.74, 6) is -1.63. The number of anilines is 1. The van der Waals surface area contributed by atoms with Crippen LogP contribution in [0.3, 0.4) is 0 Å². The largest absolute Gasteiger partial charge is 0.382 e. The predicted molar refractivity (Wildman–Crippen MR) is 91.0 cm³/mol. The molecule has 1 aromatic carbocycles. The molecule has 25 heavy (non-hydrogen) atoms. The number of imide groups is 2. The topological polar surface area (TPSA) is 95.6 Å². The van der Waals surface area contributed by atoms with Crippen molar-refractivity contribution in [2.24, 2.45) is 5.92 Å². The lowest BCUT2D eigenvalue weighted by molar-refractivity contribution is -0.136. The van der Waals surface area contributed by atoms with Crippen LogP contribution in [0.4, 0.5) is 5.69 Å². The van der Waals surface area contributed by atoms with E-state index in [1.165, 1.54) is 0 Å².